The molecule has 0 aliphatic carbocycles. The van der Waals surface area contributed by atoms with Gasteiger partial charge in [0.05, 0.1) is 11.1 Å². The third-order valence-electron chi connectivity index (χ3n) is 3.01. The van der Waals surface area contributed by atoms with Crippen molar-refractivity contribution in [1.29, 1.82) is 5.26 Å². The fourth-order valence-corrected chi connectivity index (χ4v) is 2.68. The predicted molar refractivity (Wildman–Crippen MR) is 80.7 cm³/mol. The molecule has 2 nitrogen and oxygen atoms in total. The minimum atomic E-state index is 0.106. The van der Waals surface area contributed by atoms with Crippen LogP contribution in [-0.2, 0) is 0 Å². The van der Waals surface area contributed by atoms with Crippen molar-refractivity contribution in [3.05, 3.63) is 28.2 Å². The van der Waals surface area contributed by atoms with Crippen LogP contribution in [0.15, 0.2) is 22.7 Å². The molecule has 18 heavy (non-hydrogen) atoms. The molecule has 94 valence electrons. The number of rotatable bonds is 2. The fraction of sp³-hybridized carbons (Fsp3) is 0.462. The molecule has 0 saturated carbocycles. The standard InChI is InChI=1S/C12H13BBrNO.CH3.Sb/c1-13(8-15)7-9-5-6-16-12-10(9)3-2-4-11(12)14;;/h2-4,9H,5-7H2,1H3;1H3;. The molecule has 1 atom stereocenters. The van der Waals surface area contributed by atoms with Crippen LogP contribution in [0, 0.1) is 11.2 Å². The summed E-state index contributed by atoms with van der Waals surface area (Å²) in [5.41, 5.74) is 1.24. The van der Waals surface area contributed by atoms with Gasteiger partial charge in [-0.25, -0.2) is 5.26 Å². The van der Waals surface area contributed by atoms with Gasteiger partial charge in [0.25, 0.3) is 6.71 Å². The second-order valence-electron chi connectivity index (χ2n) is 4.26. The van der Waals surface area contributed by atoms with Crippen molar-refractivity contribution in [2.45, 2.75) is 30.4 Å². The van der Waals surface area contributed by atoms with Gasteiger partial charge in [0.2, 0.25) is 0 Å². The Hall–Kier alpha value is -0.127. The summed E-state index contributed by atoms with van der Waals surface area (Å²) in [7, 11) is 0. The van der Waals surface area contributed by atoms with E-state index in [0.29, 0.717) is 5.92 Å². The van der Waals surface area contributed by atoms with Gasteiger partial charge in [0, 0.05) is 5.97 Å². The van der Waals surface area contributed by atoms with Gasteiger partial charge in [-0.1, -0.05) is 25.3 Å². The van der Waals surface area contributed by atoms with E-state index in [1.165, 1.54) is 5.56 Å². The molecule has 1 unspecified atom stereocenters. The van der Waals surface area contributed by atoms with Gasteiger partial charge in [-0.05, 0) is 39.9 Å². The van der Waals surface area contributed by atoms with Crippen LogP contribution < -0.4 is 4.74 Å². The van der Waals surface area contributed by atoms with Crippen LogP contribution >= 0.6 is 15.9 Å². The van der Waals surface area contributed by atoms with Gasteiger partial charge in [0.1, 0.15) is 5.75 Å². The molecule has 1 heterocycles. The Balaban J connectivity index is 0.000000771. The zero-order valence-electron chi connectivity index (χ0n) is 10.7. The third-order valence-corrected chi connectivity index (χ3v) is 3.63. The van der Waals surface area contributed by atoms with Crippen LogP contribution in [0.5, 0.6) is 5.75 Å². The molecule has 5 heteroatoms. The average Bonchev–Trinajstić information content (AvgIpc) is 2.42. The Morgan fingerprint density at radius 2 is 2.28 bits per heavy atom. The fourth-order valence-electron chi connectivity index (χ4n) is 2.18. The Kier molecular flexibility index (Phi) is 7.19. The van der Waals surface area contributed by atoms with Gasteiger partial charge in [-0.3, -0.25) is 0 Å². The Morgan fingerprint density at radius 3 is 2.94 bits per heavy atom. The number of nitriles is 1. The van der Waals surface area contributed by atoms with Crippen molar-refractivity contribution in [3.63, 3.8) is 0 Å². The van der Waals surface area contributed by atoms with Gasteiger partial charge in [-0.15, -0.1) is 0 Å². The second-order valence-corrected chi connectivity index (χ2v) is 5.11. The number of hydrogen-bond donors (Lipinski definition) is 0. The topological polar surface area (TPSA) is 33.0 Å². The number of fused-ring (bicyclic) bond motifs is 1. The van der Waals surface area contributed by atoms with Crippen molar-refractivity contribution in [2.75, 3.05) is 6.61 Å². The van der Waals surface area contributed by atoms with E-state index in [0.717, 1.165) is 29.6 Å². The first kappa shape index (κ1) is 15.9. The van der Waals surface area contributed by atoms with Gasteiger partial charge in [0.15, 0.2) is 0 Å². The zero-order chi connectivity index (χ0) is 13.5. The number of benzene rings is 1. The number of hydrogen-bond acceptors (Lipinski definition) is 2. The Bertz CT molecular complexity index is 435. The molecule has 2 radical (unpaired) electrons. The molecule has 0 N–H and O–H groups in total. The van der Waals surface area contributed by atoms with E-state index in [-0.39, 0.29) is 6.71 Å². The minimum absolute atomic E-state index is 0.106. The molecule has 0 spiro atoms. The number of halogens is 1. The molecular formula is C13H16BBrNOSb. The Labute approximate surface area is 132 Å². The van der Waals surface area contributed by atoms with Crippen molar-refractivity contribution < 1.29 is 4.74 Å². The number of para-hydroxylation sites is 1. The molecule has 1 aliphatic rings. The maximum absolute atomic E-state index is 8.88. The van der Waals surface area contributed by atoms with E-state index in [2.05, 4.69) is 32.8 Å². The molecular weight excluding hydrogens is 399 g/mol. The molecule has 0 fully saturated rings. The van der Waals surface area contributed by atoms with E-state index in [4.69, 9.17) is 10.00 Å². The molecule has 1 aromatic rings. The van der Waals surface area contributed by atoms with Crippen molar-refractivity contribution >= 4 is 45.7 Å². The van der Waals surface area contributed by atoms with Crippen molar-refractivity contribution in [3.8, 4) is 11.7 Å². The van der Waals surface area contributed by atoms with Crippen LogP contribution in [0.4, 0.5) is 0 Å². The summed E-state index contributed by atoms with van der Waals surface area (Å²) >= 11 is 5.25. The van der Waals surface area contributed by atoms with E-state index in [1.807, 2.05) is 19.0 Å². The summed E-state index contributed by atoms with van der Waals surface area (Å²) in [6.07, 6.45) is 1.93. The van der Waals surface area contributed by atoms with E-state index >= 15 is 0 Å². The zero-order valence-corrected chi connectivity index (χ0v) is 14.8. The van der Waals surface area contributed by atoms with Crippen LogP contribution in [-0.4, -0.2) is 36.3 Å². The van der Waals surface area contributed by atoms with Crippen LogP contribution in [0.1, 0.15) is 17.9 Å². The summed E-state index contributed by atoms with van der Waals surface area (Å²) in [5, 5.41) is 8.88. The summed E-state index contributed by atoms with van der Waals surface area (Å²) in [4.78, 5) is 2.05. The first-order valence-corrected chi connectivity index (χ1v) is 9.32. The first-order valence-electron chi connectivity index (χ1n) is 5.98. The predicted octanol–water partition coefficient (Wildman–Crippen LogP) is 3.71. The summed E-state index contributed by atoms with van der Waals surface area (Å²) < 4.78 is 6.68. The van der Waals surface area contributed by atoms with E-state index in [9.17, 15) is 0 Å². The molecule has 1 aliphatic heterocycles. The SMILES string of the molecule is CB(C#N)CC1CCOc2c(Br)cccc21.[CH3][Sb]. The monoisotopic (exact) mass is 413 g/mol. The third kappa shape index (κ3) is 3.93. The molecule has 1 aromatic carbocycles. The average molecular weight is 415 g/mol. The first-order chi connectivity index (χ1) is 8.72. The van der Waals surface area contributed by atoms with Gasteiger partial charge < -0.3 is 4.74 Å². The van der Waals surface area contributed by atoms with Crippen LogP contribution in [0.3, 0.4) is 0 Å². The Morgan fingerprint density at radius 1 is 1.56 bits per heavy atom. The quantitative estimate of drug-likeness (QED) is 0.691. The van der Waals surface area contributed by atoms with Crippen molar-refractivity contribution in [2.24, 2.45) is 0 Å². The molecule has 0 amide bonds. The summed E-state index contributed by atoms with van der Waals surface area (Å²) in [5.74, 6) is 3.72. The van der Waals surface area contributed by atoms with Crippen LogP contribution in [0.2, 0.25) is 18.0 Å². The maximum atomic E-state index is 8.88. The van der Waals surface area contributed by atoms with Crippen LogP contribution in [0.25, 0.3) is 0 Å². The summed E-state index contributed by atoms with van der Waals surface area (Å²) in [6, 6.07) is 6.13. The van der Waals surface area contributed by atoms with Gasteiger partial charge >= 0.3 is 27.9 Å². The van der Waals surface area contributed by atoms with E-state index in [1.54, 1.807) is 23.0 Å². The molecule has 0 bridgehead atoms. The van der Waals surface area contributed by atoms with Crippen molar-refractivity contribution in [1.82, 2.24) is 0 Å². The van der Waals surface area contributed by atoms with E-state index < -0.39 is 0 Å². The normalized spacial score (nSPS) is 16.5. The molecule has 0 aromatic heterocycles. The van der Waals surface area contributed by atoms with Gasteiger partial charge in [-0.2, -0.15) is 0 Å². The number of ether oxygens (including phenoxy) is 1. The molecule has 0 saturated heterocycles. The molecule has 2 rings (SSSR count). The summed E-state index contributed by atoms with van der Waals surface area (Å²) in [6.45, 7) is 2.83. The second kappa shape index (κ2) is 8.13. The number of nitrogens with zero attached hydrogens (tertiary/aromatic N) is 1.